The summed E-state index contributed by atoms with van der Waals surface area (Å²) in [4.78, 5) is 10.1. The first kappa shape index (κ1) is 23.1. The van der Waals surface area contributed by atoms with Gasteiger partial charge in [0, 0.05) is 29.4 Å². The number of thiocarbonyl (C=S) groups is 1. The van der Waals surface area contributed by atoms with Crippen LogP contribution in [0, 0.1) is 10.1 Å². The lowest BCUT2D eigenvalue weighted by molar-refractivity contribution is -0.384. The fourth-order valence-corrected chi connectivity index (χ4v) is 3.14. The van der Waals surface area contributed by atoms with Crippen LogP contribution in [-0.2, 0) is 9.47 Å². The van der Waals surface area contributed by atoms with Crippen molar-refractivity contribution >= 4 is 34.7 Å². The molecule has 0 radical (unpaired) electrons. The number of ether oxygens (including phenoxy) is 4. The molecule has 0 saturated carbocycles. The number of aliphatic hydroxyl groups excluding tert-OH is 3. The highest BCUT2D eigenvalue weighted by Crippen LogP contribution is 2.27. The minimum absolute atomic E-state index is 0.137. The topological polar surface area (TPSA) is 141 Å². The molecule has 1 fully saturated rings. The van der Waals surface area contributed by atoms with Gasteiger partial charge in [0.15, 0.2) is 12.2 Å². The lowest BCUT2D eigenvalue weighted by atomic mass is 9.99. The van der Waals surface area contributed by atoms with E-state index in [9.17, 15) is 25.4 Å². The number of non-ortho nitro benzene ring substituents is 1. The summed E-state index contributed by atoms with van der Waals surface area (Å²) in [6.45, 7) is -0.579. The van der Waals surface area contributed by atoms with Crippen LogP contribution in [0.1, 0.15) is 0 Å². The van der Waals surface area contributed by atoms with E-state index in [1.165, 1.54) is 24.3 Å². The highest BCUT2D eigenvalue weighted by atomic mass is 35.5. The van der Waals surface area contributed by atoms with Gasteiger partial charge >= 0.3 is 5.24 Å². The quantitative estimate of drug-likeness (QED) is 0.324. The summed E-state index contributed by atoms with van der Waals surface area (Å²) in [6, 6.07) is 11.3. The Balaban J connectivity index is 1.68. The normalized spacial score (nSPS) is 25.5. The standard InChI is InChI=1S/C19H18ClNO9S/c20-10-1-5-12(6-2-10)27-18-16(24)17(15(23)14(9-22)29-18)30-19(31)28-13-7-3-11(4-8-13)21(25)26/h1-8,14-18,22-24H,9H2/t14-,15-,16+,17+,18+/m1/s1. The minimum atomic E-state index is -1.51. The molecule has 3 rings (SSSR count). The van der Waals surface area contributed by atoms with Gasteiger partial charge < -0.3 is 34.3 Å². The highest BCUT2D eigenvalue weighted by molar-refractivity contribution is 7.79. The van der Waals surface area contributed by atoms with Gasteiger partial charge in [0.05, 0.1) is 11.5 Å². The Morgan fingerprint density at radius 3 is 2.29 bits per heavy atom. The van der Waals surface area contributed by atoms with Crippen LogP contribution < -0.4 is 9.47 Å². The van der Waals surface area contributed by atoms with Crippen molar-refractivity contribution in [1.29, 1.82) is 0 Å². The van der Waals surface area contributed by atoms with E-state index < -0.39 is 47.5 Å². The molecule has 10 nitrogen and oxygen atoms in total. The Morgan fingerprint density at radius 2 is 1.71 bits per heavy atom. The molecule has 5 atom stereocenters. The Hall–Kier alpha value is -2.54. The average molecular weight is 472 g/mol. The Morgan fingerprint density at radius 1 is 1.10 bits per heavy atom. The summed E-state index contributed by atoms with van der Waals surface area (Å²) in [6.07, 6.45) is -6.74. The lowest BCUT2D eigenvalue weighted by Crippen LogP contribution is -2.61. The monoisotopic (exact) mass is 471 g/mol. The Labute approximate surface area is 186 Å². The van der Waals surface area contributed by atoms with Crippen LogP contribution in [0.25, 0.3) is 0 Å². The third-order valence-electron chi connectivity index (χ3n) is 4.37. The molecule has 3 N–H and O–H groups in total. The zero-order valence-corrected chi connectivity index (χ0v) is 17.3. The summed E-state index contributed by atoms with van der Waals surface area (Å²) in [7, 11) is 0. The fraction of sp³-hybridized carbons (Fsp3) is 0.316. The molecule has 31 heavy (non-hydrogen) atoms. The summed E-state index contributed by atoms with van der Waals surface area (Å²) in [5.74, 6) is 0.476. The first-order valence-electron chi connectivity index (χ1n) is 8.96. The van der Waals surface area contributed by atoms with Gasteiger partial charge in [-0.15, -0.1) is 0 Å². The molecule has 1 aliphatic heterocycles. The van der Waals surface area contributed by atoms with Crippen molar-refractivity contribution in [3.63, 3.8) is 0 Å². The number of benzene rings is 2. The van der Waals surface area contributed by atoms with Gasteiger partial charge in [0.1, 0.15) is 23.7 Å². The van der Waals surface area contributed by atoms with Crippen LogP contribution in [0.5, 0.6) is 11.5 Å². The van der Waals surface area contributed by atoms with Crippen LogP contribution in [0.2, 0.25) is 5.02 Å². The van der Waals surface area contributed by atoms with Crippen LogP contribution in [0.3, 0.4) is 0 Å². The van der Waals surface area contributed by atoms with Gasteiger partial charge in [-0.3, -0.25) is 10.1 Å². The smallest absolute Gasteiger partial charge is 0.358 e. The van der Waals surface area contributed by atoms with Gasteiger partial charge in [0.25, 0.3) is 5.69 Å². The summed E-state index contributed by atoms with van der Waals surface area (Å²) in [5.41, 5.74) is -0.137. The maximum atomic E-state index is 10.7. The number of nitrogens with zero attached hydrogens (tertiary/aromatic N) is 1. The first-order chi connectivity index (χ1) is 14.8. The maximum Gasteiger partial charge on any atom is 0.358 e. The highest BCUT2D eigenvalue weighted by Gasteiger charge is 2.47. The Kier molecular flexibility index (Phi) is 7.59. The number of hydrogen-bond acceptors (Lipinski definition) is 10. The molecule has 0 aromatic heterocycles. The molecule has 0 amide bonds. The van der Waals surface area contributed by atoms with Gasteiger partial charge in [-0.25, -0.2) is 0 Å². The zero-order valence-electron chi connectivity index (χ0n) is 15.7. The lowest BCUT2D eigenvalue weighted by Gasteiger charge is -2.41. The number of nitro benzene ring substituents is 1. The molecule has 1 aliphatic rings. The molecule has 0 bridgehead atoms. The second-order valence-corrected chi connectivity index (χ2v) is 7.23. The van der Waals surface area contributed by atoms with Crippen molar-refractivity contribution in [3.8, 4) is 11.5 Å². The minimum Gasteiger partial charge on any atom is -0.462 e. The maximum absolute atomic E-state index is 10.7. The third kappa shape index (κ3) is 5.79. The van der Waals surface area contributed by atoms with Gasteiger partial charge in [-0.1, -0.05) is 11.6 Å². The average Bonchev–Trinajstić information content (AvgIpc) is 2.75. The van der Waals surface area contributed by atoms with Crippen molar-refractivity contribution in [2.24, 2.45) is 0 Å². The molecular weight excluding hydrogens is 454 g/mol. The predicted octanol–water partition coefficient (Wildman–Crippen LogP) is 1.82. The third-order valence-corrected chi connectivity index (χ3v) is 4.80. The molecule has 2 aromatic rings. The summed E-state index contributed by atoms with van der Waals surface area (Å²) >= 11 is 10.8. The van der Waals surface area contributed by atoms with Crippen molar-refractivity contribution in [3.05, 3.63) is 63.7 Å². The first-order valence-corrected chi connectivity index (χ1v) is 9.74. The van der Waals surface area contributed by atoms with Crippen LogP contribution >= 0.6 is 23.8 Å². The predicted molar refractivity (Wildman–Crippen MR) is 111 cm³/mol. The number of aliphatic hydroxyl groups is 3. The van der Waals surface area contributed by atoms with Crippen LogP contribution in [0.4, 0.5) is 5.69 Å². The molecule has 0 unspecified atom stereocenters. The van der Waals surface area contributed by atoms with E-state index in [4.69, 9.17) is 42.8 Å². The fourth-order valence-electron chi connectivity index (χ4n) is 2.80. The molecule has 166 valence electrons. The molecule has 0 aliphatic carbocycles. The molecular formula is C19H18ClNO9S. The second-order valence-electron chi connectivity index (χ2n) is 6.46. The molecule has 2 aromatic carbocycles. The van der Waals surface area contributed by atoms with Gasteiger partial charge in [-0.05, 0) is 36.4 Å². The number of halogens is 1. The number of nitro groups is 1. The van der Waals surface area contributed by atoms with E-state index in [0.29, 0.717) is 10.8 Å². The van der Waals surface area contributed by atoms with Crippen molar-refractivity contribution in [1.82, 2.24) is 0 Å². The van der Waals surface area contributed by atoms with Gasteiger partial charge in [-0.2, -0.15) is 0 Å². The van der Waals surface area contributed by atoms with E-state index in [1.54, 1.807) is 24.3 Å². The summed E-state index contributed by atoms with van der Waals surface area (Å²) < 4.78 is 21.7. The van der Waals surface area contributed by atoms with E-state index in [1.807, 2.05) is 0 Å². The number of rotatable bonds is 6. The number of hydrogen-bond donors (Lipinski definition) is 3. The van der Waals surface area contributed by atoms with Crippen LogP contribution in [-0.4, -0.2) is 62.8 Å². The SMILES string of the molecule is O=[N+]([O-])c1ccc(OC(=S)O[C@@H]2[C@H](O)[C@@H](Oc3ccc(Cl)cc3)O[C@H](CO)[C@H]2O)cc1. The van der Waals surface area contributed by atoms with Crippen molar-refractivity contribution in [2.45, 2.75) is 30.7 Å². The molecule has 0 spiro atoms. The second kappa shape index (κ2) is 10.2. The van der Waals surface area contributed by atoms with Crippen molar-refractivity contribution in [2.75, 3.05) is 6.61 Å². The summed E-state index contributed by atoms with van der Waals surface area (Å²) in [5, 5.41) is 41.3. The van der Waals surface area contributed by atoms with Crippen LogP contribution in [0.15, 0.2) is 48.5 Å². The Bertz CT molecular complexity index is 912. The zero-order chi connectivity index (χ0) is 22.5. The largest absolute Gasteiger partial charge is 0.462 e. The van der Waals surface area contributed by atoms with Crippen molar-refractivity contribution < 1.29 is 39.2 Å². The van der Waals surface area contributed by atoms with E-state index in [2.05, 4.69) is 0 Å². The van der Waals surface area contributed by atoms with E-state index >= 15 is 0 Å². The van der Waals surface area contributed by atoms with E-state index in [0.717, 1.165) is 0 Å². The molecule has 12 heteroatoms. The van der Waals surface area contributed by atoms with E-state index in [-0.39, 0.29) is 11.4 Å². The van der Waals surface area contributed by atoms with Gasteiger partial charge in [0.2, 0.25) is 6.29 Å². The molecule has 1 heterocycles. The molecule has 1 saturated heterocycles.